The topological polar surface area (TPSA) is 84.6 Å². The van der Waals surface area contributed by atoms with Crippen LogP contribution < -0.4 is 4.74 Å². The molecule has 0 aliphatic heterocycles. The zero-order valence-electron chi connectivity index (χ0n) is 11.4. The Morgan fingerprint density at radius 3 is 2.81 bits per heavy atom. The molecule has 2 aromatic rings. The highest BCUT2D eigenvalue weighted by molar-refractivity contribution is 5.87. The molecule has 0 aliphatic rings. The van der Waals surface area contributed by atoms with Crippen molar-refractivity contribution in [2.45, 2.75) is 12.8 Å². The lowest BCUT2D eigenvalue weighted by Crippen LogP contribution is -2.03. The van der Waals surface area contributed by atoms with Crippen LogP contribution in [0.2, 0.25) is 0 Å². The Kier molecular flexibility index (Phi) is 4.54. The van der Waals surface area contributed by atoms with Gasteiger partial charge in [0.25, 0.3) is 0 Å². The fourth-order valence-electron chi connectivity index (χ4n) is 1.97. The van der Waals surface area contributed by atoms with Crippen LogP contribution in [0.3, 0.4) is 0 Å². The maximum Gasteiger partial charge on any atom is 0.356 e. The zero-order chi connectivity index (χ0) is 15.4. The predicted molar refractivity (Wildman–Crippen MR) is 72.4 cm³/mol. The van der Waals surface area contributed by atoms with E-state index < -0.39 is 11.8 Å². The second-order valence-electron chi connectivity index (χ2n) is 4.40. The van der Waals surface area contributed by atoms with E-state index in [1.807, 2.05) is 0 Å². The van der Waals surface area contributed by atoms with Gasteiger partial charge in [0.1, 0.15) is 0 Å². The molecule has 0 atom stereocenters. The van der Waals surface area contributed by atoms with Gasteiger partial charge in [-0.05, 0) is 25.0 Å². The number of methoxy groups -OCH3 is 1. The van der Waals surface area contributed by atoms with Crippen molar-refractivity contribution in [1.29, 1.82) is 0 Å². The Labute approximate surface area is 120 Å². The Hall–Kier alpha value is -2.41. The molecule has 1 aromatic heterocycles. The normalized spacial score (nSPS) is 10.6. The van der Waals surface area contributed by atoms with Crippen LogP contribution >= 0.6 is 0 Å². The minimum Gasteiger partial charge on any atom is -0.494 e. The molecule has 7 heteroatoms. The van der Waals surface area contributed by atoms with Crippen molar-refractivity contribution >= 4 is 5.97 Å². The third-order valence-electron chi connectivity index (χ3n) is 3.00. The highest BCUT2D eigenvalue weighted by Gasteiger charge is 2.16. The summed E-state index contributed by atoms with van der Waals surface area (Å²) in [7, 11) is 1.36. The number of carboxylic acids is 1. The van der Waals surface area contributed by atoms with Crippen molar-refractivity contribution in [3.8, 4) is 11.4 Å². The lowest BCUT2D eigenvalue weighted by atomic mass is 10.1. The number of carbonyl (C=O) groups is 1. The van der Waals surface area contributed by atoms with Gasteiger partial charge < -0.3 is 14.9 Å². The maximum absolute atomic E-state index is 13.7. The van der Waals surface area contributed by atoms with Gasteiger partial charge >= 0.3 is 5.97 Å². The Morgan fingerprint density at radius 2 is 2.24 bits per heavy atom. The lowest BCUT2D eigenvalue weighted by Gasteiger charge is -2.05. The van der Waals surface area contributed by atoms with E-state index in [-0.39, 0.29) is 18.1 Å². The summed E-state index contributed by atoms with van der Waals surface area (Å²) >= 11 is 0. The lowest BCUT2D eigenvalue weighted by molar-refractivity contribution is 0.0688. The number of nitrogens with zero attached hydrogens (tertiary/aromatic N) is 2. The second-order valence-corrected chi connectivity index (χ2v) is 4.40. The molecule has 0 fully saturated rings. The summed E-state index contributed by atoms with van der Waals surface area (Å²) in [5.41, 5.74) is 0.790. The van der Waals surface area contributed by atoms with E-state index in [9.17, 15) is 9.18 Å². The molecule has 0 saturated carbocycles. The van der Waals surface area contributed by atoms with E-state index >= 15 is 0 Å². The number of aryl methyl sites for hydroxylation is 1. The molecule has 1 heterocycles. The third-order valence-corrected chi connectivity index (χ3v) is 3.00. The first-order valence-corrected chi connectivity index (χ1v) is 6.33. The van der Waals surface area contributed by atoms with E-state index in [0.29, 0.717) is 24.1 Å². The molecule has 112 valence electrons. The third kappa shape index (κ3) is 3.19. The van der Waals surface area contributed by atoms with Crippen molar-refractivity contribution in [2.24, 2.45) is 0 Å². The summed E-state index contributed by atoms with van der Waals surface area (Å²) in [5.74, 6) is -1.61. The fourth-order valence-corrected chi connectivity index (χ4v) is 1.97. The number of halogens is 1. The number of aromatic nitrogens is 2. The zero-order valence-corrected chi connectivity index (χ0v) is 11.4. The average molecular weight is 294 g/mol. The minimum atomic E-state index is -1.16. The molecule has 2 N–H and O–H groups in total. The van der Waals surface area contributed by atoms with Gasteiger partial charge in [-0.15, -0.1) is 0 Å². The summed E-state index contributed by atoms with van der Waals surface area (Å²) in [5, 5.41) is 21.9. The molecular formula is C14H15FN2O4. The standard InChI is InChI=1S/C14H15FN2O4/c1-21-12-5-4-10(7-11(12)15)17-8-9(3-2-6-18)13(16-17)14(19)20/h4-5,7-8,18H,2-3,6H2,1H3,(H,19,20). The van der Waals surface area contributed by atoms with Crippen LogP contribution in [-0.4, -0.2) is 39.7 Å². The first-order valence-electron chi connectivity index (χ1n) is 6.33. The van der Waals surface area contributed by atoms with E-state index in [1.165, 1.54) is 30.1 Å². The van der Waals surface area contributed by atoms with Gasteiger partial charge in [0.15, 0.2) is 17.3 Å². The number of ether oxygens (including phenoxy) is 1. The van der Waals surface area contributed by atoms with Crippen molar-refractivity contribution in [1.82, 2.24) is 9.78 Å². The van der Waals surface area contributed by atoms with Crippen LogP contribution in [-0.2, 0) is 6.42 Å². The number of aliphatic hydroxyl groups is 1. The van der Waals surface area contributed by atoms with Gasteiger partial charge in [-0.3, -0.25) is 0 Å². The van der Waals surface area contributed by atoms with Gasteiger partial charge in [-0.25, -0.2) is 13.9 Å². The molecule has 0 spiro atoms. The number of rotatable bonds is 6. The highest BCUT2D eigenvalue weighted by Crippen LogP contribution is 2.21. The molecule has 0 aliphatic carbocycles. The van der Waals surface area contributed by atoms with Gasteiger partial charge in [0, 0.05) is 24.4 Å². The summed E-state index contributed by atoms with van der Waals surface area (Å²) < 4.78 is 19.8. The Bertz CT molecular complexity index is 654. The molecule has 6 nitrogen and oxygen atoms in total. The SMILES string of the molecule is COc1ccc(-n2cc(CCCO)c(C(=O)O)n2)cc1F. The monoisotopic (exact) mass is 294 g/mol. The van der Waals surface area contributed by atoms with Crippen LogP contribution in [0.1, 0.15) is 22.5 Å². The molecule has 2 rings (SSSR count). The van der Waals surface area contributed by atoms with E-state index in [4.69, 9.17) is 14.9 Å². The van der Waals surface area contributed by atoms with E-state index in [0.717, 1.165) is 0 Å². The minimum absolute atomic E-state index is 0.0403. The fraction of sp³-hybridized carbons (Fsp3) is 0.286. The maximum atomic E-state index is 13.7. The van der Waals surface area contributed by atoms with Crippen molar-refractivity contribution in [2.75, 3.05) is 13.7 Å². The number of benzene rings is 1. The summed E-state index contributed by atoms with van der Waals surface area (Å²) in [6, 6.07) is 4.24. The highest BCUT2D eigenvalue weighted by atomic mass is 19.1. The van der Waals surface area contributed by atoms with Gasteiger partial charge in [-0.2, -0.15) is 5.10 Å². The van der Waals surface area contributed by atoms with Gasteiger partial charge in [0.2, 0.25) is 0 Å². The first-order chi connectivity index (χ1) is 10.1. The smallest absolute Gasteiger partial charge is 0.356 e. The number of hydrogen-bond donors (Lipinski definition) is 2. The molecule has 21 heavy (non-hydrogen) atoms. The molecular weight excluding hydrogens is 279 g/mol. The molecule has 0 unspecified atom stereocenters. The van der Waals surface area contributed by atoms with Crippen LogP contribution in [0.25, 0.3) is 5.69 Å². The largest absolute Gasteiger partial charge is 0.494 e. The number of carboxylic acid groups (broad SMARTS) is 1. The van der Waals surface area contributed by atoms with Crippen LogP contribution in [0.15, 0.2) is 24.4 Å². The molecule has 0 radical (unpaired) electrons. The van der Waals surface area contributed by atoms with E-state index in [1.54, 1.807) is 6.07 Å². The van der Waals surface area contributed by atoms with Crippen molar-refractivity contribution in [3.63, 3.8) is 0 Å². The molecule has 1 aromatic carbocycles. The van der Waals surface area contributed by atoms with Gasteiger partial charge in [0.05, 0.1) is 12.8 Å². The van der Waals surface area contributed by atoms with Crippen LogP contribution in [0.4, 0.5) is 4.39 Å². The number of aliphatic hydroxyl groups excluding tert-OH is 1. The second kappa shape index (κ2) is 6.36. The van der Waals surface area contributed by atoms with Gasteiger partial charge in [-0.1, -0.05) is 0 Å². The van der Waals surface area contributed by atoms with Crippen molar-refractivity contribution < 1.29 is 24.1 Å². The number of aromatic carboxylic acids is 1. The number of hydrogen-bond acceptors (Lipinski definition) is 4. The summed E-state index contributed by atoms with van der Waals surface area (Å²) in [4.78, 5) is 11.2. The first kappa shape index (κ1) is 15.0. The predicted octanol–water partition coefficient (Wildman–Crippen LogP) is 1.64. The molecule has 0 saturated heterocycles. The van der Waals surface area contributed by atoms with Crippen molar-refractivity contribution in [3.05, 3.63) is 41.5 Å². The van der Waals surface area contributed by atoms with Crippen LogP contribution in [0.5, 0.6) is 5.75 Å². The Balaban J connectivity index is 2.39. The molecule has 0 bridgehead atoms. The quantitative estimate of drug-likeness (QED) is 0.846. The van der Waals surface area contributed by atoms with E-state index in [2.05, 4.69) is 5.10 Å². The summed E-state index contributed by atoms with van der Waals surface area (Å²) in [6.07, 6.45) is 2.35. The molecule has 0 amide bonds. The summed E-state index contributed by atoms with van der Waals surface area (Å²) in [6.45, 7) is -0.0403. The average Bonchev–Trinajstić information content (AvgIpc) is 2.89. The Morgan fingerprint density at radius 1 is 1.48 bits per heavy atom. The van der Waals surface area contributed by atoms with Crippen LogP contribution in [0, 0.1) is 5.82 Å².